The lowest BCUT2D eigenvalue weighted by Crippen LogP contribution is -3.00. The SMILES string of the molecule is CCC[N+]1(C)C[C@H](CO)CC2c3cccc4[nH]cc(c34)CC21.[I-]. The lowest BCUT2D eigenvalue weighted by molar-refractivity contribution is -0.943. The zero-order chi connectivity index (χ0) is 15.3. The van der Waals surface area contributed by atoms with Crippen molar-refractivity contribution in [1.29, 1.82) is 0 Å². The number of hydrogen-bond acceptors (Lipinski definition) is 1. The van der Waals surface area contributed by atoms with Gasteiger partial charge in [-0.1, -0.05) is 19.1 Å². The highest BCUT2D eigenvalue weighted by Gasteiger charge is 2.48. The minimum atomic E-state index is 0. The van der Waals surface area contributed by atoms with Crippen molar-refractivity contribution in [2.24, 2.45) is 5.92 Å². The number of nitrogens with zero attached hydrogens (tertiary/aromatic N) is 1. The third kappa shape index (κ3) is 2.63. The van der Waals surface area contributed by atoms with Gasteiger partial charge < -0.3 is 38.6 Å². The second kappa shape index (κ2) is 6.37. The molecule has 1 fully saturated rings. The van der Waals surface area contributed by atoms with Crippen molar-refractivity contribution in [2.45, 2.75) is 38.1 Å². The number of aliphatic hydroxyl groups excluding tert-OH is 1. The molecular weight excluding hydrogens is 399 g/mol. The Morgan fingerprint density at radius 2 is 2.17 bits per heavy atom. The molecule has 1 aliphatic heterocycles. The molecule has 1 aliphatic carbocycles. The first-order valence-corrected chi connectivity index (χ1v) is 8.70. The van der Waals surface area contributed by atoms with E-state index in [1.807, 2.05) is 0 Å². The molecule has 0 radical (unpaired) electrons. The number of halogens is 1. The van der Waals surface area contributed by atoms with Gasteiger partial charge in [-0.2, -0.15) is 0 Å². The maximum absolute atomic E-state index is 9.81. The number of quaternary nitrogens is 1. The highest BCUT2D eigenvalue weighted by atomic mass is 127. The molecule has 4 rings (SSSR count). The van der Waals surface area contributed by atoms with Crippen LogP contribution in [-0.4, -0.2) is 47.4 Å². The average molecular weight is 426 g/mol. The number of aliphatic hydroxyl groups is 1. The van der Waals surface area contributed by atoms with E-state index in [-0.39, 0.29) is 24.0 Å². The number of benzene rings is 1. The van der Waals surface area contributed by atoms with Gasteiger partial charge >= 0.3 is 0 Å². The van der Waals surface area contributed by atoms with Crippen molar-refractivity contribution in [3.05, 3.63) is 35.5 Å². The van der Waals surface area contributed by atoms with Crippen molar-refractivity contribution in [1.82, 2.24) is 4.98 Å². The molecule has 4 atom stereocenters. The minimum absolute atomic E-state index is 0. The molecule has 1 aromatic heterocycles. The van der Waals surface area contributed by atoms with Gasteiger partial charge in [0, 0.05) is 35.4 Å². The molecule has 0 amide bonds. The van der Waals surface area contributed by atoms with Crippen molar-refractivity contribution in [2.75, 3.05) is 26.7 Å². The minimum Gasteiger partial charge on any atom is -1.00 e. The summed E-state index contributed by atoms with van der Waals surface area (Å²) in [6, 6.07) is 7.37. The van der Waals surface area contributed by atoms with Crippen LogP contribution in [-0.2, 0) is 6.42 Å². The van der Waals surface area contributed by atoms with E-state index in [1.54, 1.807) is 0 Å². The van der Waals surface area contributed by atoms with Crippen LogP contribution in [0.3, 0.4) is 0 Å². The summed E-state index contributed by atoms with van der Waals surface area (Å²) in [5.74, 6) is 1.03. The van der Waals surface area contributed by atoms with E-state index in [0.29, 0.717) is 24.5 Å². The fourth-order valence-corrected chi connectivity index (χ4v) is 5.33. The van der Waals surface area contributed by atoms with Gasteiger partial charge in [0.25, 0.3) is 0 Å². The molecule has 0 bridgehead atoms. The average Bonchev–Trinajstić information content (AvgIpc) is 2.93. The highest BCUT2D eigenvalue weighted by molar-refractivity contribution is 5.88. The van der Waals surface area contributed by atoms with Crippen LogP contribution in [0.4, 0.5) is 0 Å². The zero-order valence-corrected chi connectivity index (χ0v) is 16.2. The first-order valence-electron chi connectivity index (χ1n) is 8.70. The summed E-state index contributed by atoms with van der Waals surface area (Å²) in [7, 11) is 2.42. The summed E-state index contributed by atoms with van der Waals surface area (Å²) < 4.78 is 1.12. The van der Waals surface area contributed by atoms with E-state index in [2.05, 4.69) is 43.4 Å². The fourth-order valence-electron chi connectivity index (χ4n) is 5.33. The molecule has 2 N–H and O–H groups in total. The van der Waals surface area contributed by atoms with E-state index in [1.165, 1.54) is 41.4 Å². The maximum Gasteiger partial charge on any atom is 0.0999 e. The molecule has 4 heteroatoms. The summed E-state index contributed by atoms with van der Waals surface area (Å²) in [6.07, 6.45) is 5.75. The molecule has 3 unspecified atom stereocenters. The number of hydrogen-bond donors (Lipinski definition) is 2. The highest BCUT2D eigenvalue weighted by Crippen LogP contribution is 2.46. The third-order valence-electron chi connectivity index (χ3n) is 6.17. The third-order valence-corrected chi connectivity index (χ3v) is 6.17. The number of likely N-dealkylation sites (tertiary alicyclic amines) is 1. The number of fused-ring (bicyclic) bond motifs is 2. The molecule has 1 aromatic carbocycles. The van der Waals surface area contributed by atoms with Crippen LogP contribution in [0.2, 0.25) is 0 Å². The zero-order valence-electron chi connectivity index (χ0n) is 14.1. The van der Waals surface area contributed by atoms with E-state index in [4.69, 9.17) is 0 Å². The van der Waals surface area contributed by atoms with Crippen LogP contribution in [0.25, 0.3) is 10.9 Å². The standard InChI is InChI=1S/C19H27N2O.HI/c1-3-7-21(2)11-13(12-22)8-16-15-5-4-6-17-19(15)14(10-20-17)9-18(16)21;/h4-6,10,13,16,18,20,22H,3,7-9,11-12H2,1-2H3;1H/q+1;/p-1/t13-,16?,18?,21?;/m1./s1. The van der Waals surface area contributed by atoms with Crippen molar-refractivity contribution >= 4 is 10.9 Å². The number of likely N-dealkylation sites (N-methyl/N-ethyl adjacent to an activating group) is 1. The molecular formula is C19H27IN2O. The predicted octanol–water partition coefficient (Wildman–Crippen LogP) is 0.0490. The van der Waals surface area contributed by atoms with Crippen LogP contribution >= 0.6 is 0 Å². The second-order valence-corrected chi connectivity index (χ2v) is 7.63. The van der Waals surface area contributed by atoms with E-state index in [9.17, 15) is 5.11 Å². The summed E-state index contributed by atoms with van der Waals surface area (Å²) in [5.41, 5.74) is 4.29. The Bertz CT molecular complexity index is 698. The lowest BCUT2D eigenvalue weighted by Gasteiger charge is -2.52. The monoisotopic (exact) mass is 426 g/mol. The van der Waals surface area contributed by atoms with Gasteiger partial charge in [0.2, 0.25) is 0 Å². The number of aromatic nitrogens is 1. The Morgan fingerprint density at radius 3 is 2.91 bits per heavy atom. The molecule has 0 saturated carbocycles. The molecule has 3 nitrogen and oxygen atoms in total. The van der Waals surface area contributed by atoms with Crippen LogP contribution in [0.1, 0.15) is 36.8 Å². The molecule has 2 heterocycles. The molecule has 126 valence electrons. The molecule has 1 saturated heterocycles. The second-order valence-electron chi connectivity index (χ2n) is 7.63. The largest absolute Gasteiger partial charge is 1.00 e. The van der Waals surface area contributed by atoms with Gasteiger partial charge in [0.1, 0.15) is 0 Å². The normalized spacial score (nSPS) is 32.4. The van der Waals surface area contributed by atoms with Crippen LogP contribution in [0.5, 0.6) is 0 Å². The Morgan fingerprint density at radius 1 is 1.35 bits per heavy atom. The number of nitrogens with one attached hydrogen (secondary N) is 1. The summed E-state index contributed by atoms with van der Waals surface area (Å²) in [6.45, 7) is 4.96. The Labute approximate surface area is 155 Å². The van der Waals surface area contributed by atoms with Crippen LogP contribution < -0.4 is 24.0 Å². The van der Waals surface area contributed by atoms with Gasteiger partial charge in [-0.15, -0.1) is 0 Å². The summed E-state index contributed by atoms with van der Waals surface area (Å²) in [4.78, 5) is 3.46. The summed E-state index contributed by atoms with van der Waals surface area (Å²) >= 11 is 0. The molecule has 0 spiro atoms. The molecule has 2 aromatic rings. The number of H-pyrrole nitrogens is 1. The van der Waals surface area contributed by atoms with Gasteiger partial charge in [0.05, 0.1) is 32.8 Å². The quantitative estimate of drug-likeness (QED) is 0.528. The predicted molar refractivity (Wildman–Crippen MR) is 89.9 cm³/mol. The van der Waals surface area contributed by atoms with Crippen molar-refractivity contribution < 1.29 is 33.6 Å². The van der Waals surface area contributed by atoms with Crippen LogP contribution in [0.15, 0.2) is 24.4 Å². The topological polar surface area (TPSA) is 36.0 Å². The van der Waals surface area contributed by atoms with Crippen molar-refractivity contribution in [3.8, 4) is 0 Å². The number of aromatic amines is 1. The van der Waals surface area contributed by atoms with Gasteiger partial charge in [-0.3, -0.25) is 0 Å². The molecule has 2 aliphatic rings. The number of piperidine rings is 1. The fraction of sp³-hybridized carbons (Fsp3) is 0.579. The van der Waals surface area contributed by atoms with Crippen molar-refractivity contribution in [3.63, 3.8) is 0 Å². The van der Waals surface area contributed by atoms with E-state index >= 15 is 0 Å². The first kappa shape index (κ1) is 17.2. The van der Waals surface area contributed by atoms with Crippen LogP contribution in [0, 0.1) is 5.92 Å². The molecule has 23 heavy (non-hydrogen) atoms. The van der Waals surface area contributed by atoms with E-state index < -0.39 is 0 Å². The van der Waals surface area contributed by atoms with Gasteiger partial charge in [-0.25, -0.2) is 0 Å². The van der Waals surface area contributed by atoms with E-state index in [0.717, 1.165) is 17.4 Å². The first-order chi connectivity index (χ1) is 10.7. The Hall–Kier alpha value is -0.590. The maximum atomic E-state index is 9.81. The number of rotatable bonds is 3. The van der Waals surface area contributed by atoms with Gasteiger partial charge in [-0.05, 0) is 30.0 Å². The Balaban J connectivity index is 0.00000156. The van der Waals surface area contributed by atoms with Gasteiger partial charge in [0.15, 0.2) is 0 Å². The lowest BCUT2D eigenvalue weighted by atomic mass is 9.71. The Kier molecular flexibility index (Phi) is 4.78. The smallest absolute Gasteiger partial charge is 0.0999 e. The summed E-state index contributed by atoms with van der Waals surface area (Å²) in [5, 5.41) is 11.3.